The van der Waals surface area contributed by atoms with Crippen LogP contribution in [-0.4, -0.2) is 31.6 Å². The first-order chi connectivity index (χ1) is 9.08. The zero-order valence-corrected chi connectivity index (χ0v) is 10.4. The summed E-state index contributed by atoms with van der Waals surface area (Å²) >= 11 is 0. The Labute approximate surface area is 110 Å². The summed E-state index contributed by atoms with van der Waals surface area (Å²) in [4.78, 5) is 23.7. The van der Waals surface area contributed by atoms with Crippen LogP contribution < -0.4 is 10.6 Å². The number of ether oxygens (including phenoxy) is 1. The third kappa shape index (κ3) is 3.29. The van der Waals surface area contributed by atoms with Crippen molar-refractivity contribution in [2.45, 2.75) is 12.8 Å². The van der Waals surface area contributed by atoms with Gasteiger partial charge in [-0.15, -0.1) is 0 Å². The van der Waals surface area contributed by atoms with Crippen molar-refractivity contribution < 1.29 is 18.7 Å². The summed E-state index contributed by atoms with van der Waals surface area (Å²) in [7, 11) is 0. The molecule has 0 aromatic heterocycles. The second-order valence-electron chi connectivity index (χ2n) is 4.35. The SMILES string of the molecule is NC(=O)CCc1ccc(N2CCOCC2=O)c(F)c1. The Bertz CT molecular complexity index is 505. The summed E-state index contributed by atoms with van der Waals surface area (Å²) in [6.07, 6.45) is 0.568. The number of halogens is 1. The molecule has 19 heavy (non-hydrogen) atoms. The maximum absolute atomic E-state index is 14.0. The molecule has 5 nitrogen and oxygen atoms in total. The van der Waals surface area contributed by atoms with Crippen molar-refractivity contribution in [3.05, 3.63) is 29.6 Å². The van der Waals surface area contributed by atoms with E-state index in [-0.39, 0.29) is 24.6 Å². The first kappa shape index (κ1) is 13.5. The summed E-state index contributed by atoms with van der Waals surface area (Å²) < 4.78 is 19.0. The third-order valence-electron chi connectivity index (χ3n) is 2.95. The standard InChI is InChI=1S/C13H15FN2O3/c14-10-7-9(2-4-12(15)17)1-3-11(10)16-5-6-19-8-13(16)18/h1,3,7H,2,4-6,8H2,(H2,15,17). The highest BCUT2D eigenvalue weighted by molar-refractivity contribution is 5.95. The van der Waals surface area contributed by atoms with Crippen LogP contribution >= 0.6 is 0 Å². The number of hydrogen-bond donors (Lipinski definition) is 1. The number of morpholine rings is 1. The number of primary amides is 1. The molecule has 0 atom stereocenters. The molecule has 0 spiro atoms. The lowest BCUT2D eigenvalue weighted by molar-refractivity contribution is -0.125. The number of anilines is 1. The van der Waals surface area contributed by atoms with Gasteiger partial charge in [-0.05, 0) is 24.1 Å². The molecule has 1 heterocycles. The molecule has 102 valence electrons. The number of carbonyl (C=O) groups excluding carboxylic acids is 2. The predicted octanol–water partition coefficient (Wildman–Crippen LogP) is 0.607. The van der Waals surface area contributed by atoms with Crippen LogP contribution in [0.4, 0.5) is 10.1 Å². The van der Waals surface area contributed by atoms with E-state index in [1.165, 1.54) is 11.0 Å². The summed E-state index contributed by atoms with van der Waals surface area (Å²) in [5, 5.41) is 0. The predicted molar refractivity (Wildman–Crippen MR) is 67.1 cm³/mol. The minimum atomic E-state index is -0.475. The van der Waals surface area contributed by atoms with Gasteiger partial charge in [0.25, 0.3) is 5.91 Å². The molecule has 0 bridgehead atoms. The van der Waals surface area contributed by atoms with Gasteiger partial charge in [0.1, 0.15) is 12.4 Å². The molecular formula is C13H15FN2O3. The lowest BCUT2D eigenvalue weighted by atomic mass is 10.1. The van der Waals surface area contributed by atoms with Crippen LogP contribution in [0.5, 0.6) is 0 Å². The number of aryl methyl sites for hydroxylation is 1. The van der Waals surface area contributed by atoms with E-state index in [0.717, 1.165) is 0 Å². The summed E-state index contributed by atoms with van der Waals surface area (Å²) in [5.74, 6) is -1.15. The van der Waals surface area contributed by atoms with Gasteiger partial charge in [0.2, 0.25) is 5.91 Å². The molecule has 1 aromatic carbocycles. The average Bonchev–Trinajstić information content (AvgIpc) is 2.38. The number of hydrogen-bond acceptors (Lipinski definition) is 3. The van der Waals surface area contributed by atoms with E-state index in [1.54, 1.807) is 12.1 Å². The van der Waals surface area contributed by atoms with E-state index in [2.05, 4.69) is 0 Å². The van der Waals surface area contributed by atoms with Gasteiger partial charge in [-0.1, -0.05) is 6.07 Å². The van der Waals surface area contributed by atoms with Crippen molar-refractivity contribution in [2.24, 2.45) is 5.73 Å². The monoisotopic (exact) mass is 266 g/mol. The largest absolute Gasteiger partial charge is 0.370 e. The topological polar surface area (TPSA) is 72.6 Å². The van der Waals surface area contributed by atoms with Crippen LogP contribution in [0.25, 0.3) is 0 Å². The van der Waals surface area contributed by atoms with Gasteiger partial charge in [0, 0.05) is 13.0 Å². The van der Waals surface area contributed by atoms with E-state index >= 15 is 0 Å². The van der Waals surface area contributed by atoms with Crippen LogP contribution in [0.1, 0.15) is 12.0 Å². The number of amides is 2. The van der Waals surface area contributed by atoms with E-state index in [9.17, 15) is 14.0 Å². The summed E-state index contributed by atoms with van der Waals surface area (Å²) in [6.45, 7) is 0.716. The first-order valence-electron chi connectivity index (χ1n) is 6.03. The molecule has 1 aliphatic heterocycles. The van der Waals surface area contributed by atoms with Crippen LogP contribution in [0.2, 0.25) is 0 Å². The third-order valence-corrected chi connectivity index (χ3v) is 2.95. The lowest BCUT2D eigenvalue weighted by Gasteiger charge is -2.27. The molecule has 0 unspecified atom stereocenters. The smallest absolute Gasteiger partial charge is 0.253 e. The van der Waals surface area contributed by atoms with Crippen LogP contribution in [0.3, 0.4) is 0 Å². The molecule has 1 saturated heterocycles. The Balaban J connectivity index is 2.14. The van der Waals surface area contributed by atoms with Gasteiger partial charge in [-0.2, -0.15) is 0 Å². The molecule has 1 aliphatic rings. The van der Waals surface area contributed by atoms with Crippen molar-refractivity contribution >= 4 is 17.5 Å². The molecule has 2 amide bonds. The first-order valence-corrected chi connectivity index (χ1v) is 6.03. The Hall–Kier alpha value is -1.95. The van der Waals surface area contributed by atoms with Gasteiger partial charge in [0.05, 0.1) is 12.3 Å². The molecular weight excluding hydrogens is 251 g/mol. The van der Waals surface area contributed by atoms with Gasteiger partial charge in [-0.25, -0.2) is 4.39 Å². The highest BCUT2D eigenvalue weighted by Crippen LogP contribution is 2.22. The van der Waals surface area contributed by atoms with Crippen molar-refractivity contribution in [3.63, 3.8) is 0 Å². The lowest BCUT2D eigenvalue weighted by Crippen LogP contribution is -2.42. The van der Waals surface area contributed by atoms with Gasteiger partial charge < -0.3 is 15.4 Å². The molecule has 1 aromatic rings. The Kier molecular flexibility index (Phi) is 4.11. The Morgan fingerprint density at radius 1 is 1.47 bits per heavy atom. The maximum Gasteiger partial charge on any atom is 0.253 e. The fourth-order valence-electron chi connectivity index (χ4n) is 1.97. The zero-order valence-electron chi connectivity index (χ0n) is 10.4. The molecule has 2 N–H and O–H groups in total. The number of nitrogens with two attached hydrogens (primary N) is 1. The molecule has 0 aliphatic carbocycles. The van der Waals surface area contributed by atoms with Crippen molar-refractivity contribution in [3.8, 4) is 0 Å². The fourth-order valence-corrected chi connectivity index (χ4v) is 1.97. The number of rotatable bonds is 4. The Morgan fingerprint density at radius 3 is 2.89 bits per heavy atom. The van der Waals surface area contributed by atoms with Crippen LogP contribution in [0, 0.1) is 5.82 Å². The van der Waals surface area contributed by atoms with E-state index < -0.39 is 11.7 Å². The highest BCUT2D eigenvalue weighted by Gasteiger charge is 2.22. The minimum Gasteiger partial charge on any atom is -0.370 e. The second-order valence-corrected chi connectivity index (χ2v) is 4.35. The van der Waals surface area contributed by atoms with Crippen molar-refractivity contribution in [1.29, 1.82) is 0 Å². The van der Waals surface area contributed by atoms with Crippen molar-refractivity contribution in [1.82, 2.24) is 0 Å². The maximum atomic E-state index is 14.0. The molecule has 2 rings (SSSR count). The van der Waals surface area contributed by atoms with Gasteiger partial charge >= 0.3 is 0 Å². The minimum absolute atomic E-state index is 0.0249. The molecule has 0 radical (unpaired) electrons. The van der Waals surface area contributed by atoms with E-state index in [1.807, 2.05) is 0 Å². The quantitative estimate of drug-likeness (QED) is 0.867. The van der Waals surface area contributed by atoms with Gasteiger partial charge in [-0.3, -0.25) is 9.59 Å². The number of nitrogens with zero attached hydrogens (tertiary/aromatic N) is 1. The van der Waals surface area contributed by atoms with Crippen LogP contribution in [-0.2, 0) is 20.7 Å². The van der Waals surface area contributed by atoms with Crippen LogP contribution in [0.15, 0.2) is 18.2 Å². The fraction of sp³-hybridized carbons (Fsp3) is 0.385. The zero-order chi connectivity index (χ0) is 13.8. The van der Waals surface area contributed by atoms with E-state index in [0.29, 0.717) is 25.1 Å². The average molecular weight is 266 g/mol. The second kappa shape index (κ2) is 5.79. The number of benzene rings is 1. The molecule has 0 saturated carbocycles. The number of carbonyl (C=O) groups is 2. The summed E-state index contributed by atoms with van der Waals surface area (Å²) in [5.41, 5.74) is 5.97. The summed E-state index contributed by atoms with van der Waals surface area (Å²) in [6, 6.07) is 4.58. The highest BCUT2D eigenvalue weighted by atomic mass is 19.1. The normalized spacial score (nSPS) is 15.6. The van der Waals surface area contributed by atoms with E-state index in [4.69, 9.17) is 10.5 Å². The molecule has 1 fully saturated rings. The van der Waals surface area contributed by atoms with Crippen molar-refractivity contribution in [2.75, 3.05) is 24.7 Å². The van der Waals surface area contributed by atoms with Gasteiger partial charge in [0.15, 0.2) is 0 Å². The Morgan fingerprint density at radius 2 is 2.26 bits per heavy atom. The molecule has 6 heteroatoms.